The van der Waals surface area contributed by atoms with Crippen LogP contribution in [-0.2, 0) is 0 Å². The van der Waals surface area contributed by atoms with E-state index in [1.54, 1.807) is 29.5 Å². The van der Waals surface area contributed by atoms with Gasteiger partial charge in [-0.1, -0.05) is 6.92 Å². The smallest absolute Gasteiger partial charge is 0.257 e. The molecule has 1 fully saturated rings. The maximum Gasteiger partial charge on any atom is 0.257 e. The minimum atomic E-state index is 0.0160. The Morgan fingerprint density at radius 2 is 2.33 bits per heavy atom. The number of nitrogens with two attached hydrogens (primary N) is 1. The lowest BCUT2D eigenvalue weighted by molar-refractivity contribution is 0.0777. The first kappa shape index (κ1) is 13.8. The van der Waals surface area contributed by atoms with E-state index in [4.69, 9.17) is 5.73 Å². The van der Waals surface area contributed by atoms with Gasteiger partial charge in [-0.05, 0) is 30.5 Å². The van der Waals surface area contributed by atoms with Crippen LogP contribution in [0.15, 0.2) is 36.9 Å². The second-order valence-electron chi connectivity index (χ2n) is 5.88. The molecule has 0 aromatic carbocycles. The van der Waals surface area contributed by atoms with Gasteiger partial charge in [0.25, 0.3) is 5.91 Å². The number of rotatable bonds is 3. The lowest BCUT2D eigenvalue weighted by Gasteiger charge is -2.22. The second-order valence-corrected chi connectivity index (χ2v) is 5.88. The minimum Gasteiger partial charge on any atom is -0.338 e. The first-order valence-electron chi connectivity index (χ1n) is 7.06. The lowest BCUT2D eigenvalue weighted by atomic mass is 9.90. The van der Waals surface area contributed by atoms with Crippen LogP contribution in [0, 0.1) is 5.41 Å². The minimum absolute atomic E-state index is 0.0160. The molecule has 1 atom stereocenters. The average Bonchev–Trinajstić information content (AvgIpc) is 3.15. The van der Waals surface area contributed by atoms with Crippen LogP contribution in [0.4, 0.5) is 0 Å². The molecule has 0 saturated carbocycles. The molecule has 3 heterocycles. The normalized spacial score (nSPS) is 21.7. The molecular weight excluding hydrogens is 266 g/mol. The van der Waals surface area contributed by atoms with Crippen molar-refractivity contribution in [3.05, 3.63) is 42.5 Å². The van der Waals surface area contributed by atoms with Gasteiger partial charge in [-0.15, -0.1) is 0 Å². The molecule has 6 nitrogen and oxygen atoms in total. The Morgan fingerprint density at radius 3 is 3.00 bits per heavy atom. The highest BCUT2D eigenvalue weighted by atomic mass is 16.2. The average molecular weight is 285 g/mol. The summed E-state index contributed by atoms with van der Waals surface area (Å²) in [5, 5.41) is 4.24. The number of hydrogen-bond donors (Lipinski definition) is 1. The van der Waals surface area contributed by atoms with Gasteiger partial charge in [0.2, 0.25) is 0 Å². The molecule has 1 saturated heterocycles. The van der Waals surface area contributed by atoms with Gasteiger partial charge in [-0.2, -0.15) is 5.10 Å². The first-order chi connectivity index (χ1) is 10.1. The maximum absolute atomic E-state index is 12.5. The van der Waals surface area contributed by atoms with E-state index in [0.29, 0.717) is 18.7 Å². The van der Waals surface area contributed by atoms with Crippen LogP contribution >= 0.6 is 0 Å². The monoisotopic (exact) mass is 285 g/mol. The molecule has 0 aliphatic carbocycles. The molecule has 2 N–H and O–H groups in total. The Hall–Kier alpha value is -2.21. The number of aromatic nitrogens is 3. The van der Waals surface area contributed by atoms with E-state index in [2.05, 4.69) is 17.0 Å². The highest BCUT2D eigenvalue weighted by Gasteiger charge is 2.35. The van der Waals surface area contributed by atoms with E-state index < -0.39 is 0 Å². The predicted molar refractivity (Wildman–Crippen MR) is 79.0 cm³/mol. The summed E-state index contributed by atoms with van der Waals surface area (Å²) < 4.78 is 1.67. The van der Waals surface area contributed by atoms with Crippen LogP contribution < -0.4 is 5.73 Å². The number of pyridine rings is 1. The summed E-state index contributed by atoms with van der Waals surface area (Å²) in [6.07, 6.45) is 7.72. The van der Waals surface area contributed by atoms with E-state index in [0.717, 1.165) is 18.7 Å². The zero-order valence-corrected chi connectivity index (χ0v) is 12.1. The van der Waals surface area contributed by atoms with E-state index in [-0.39, 0.29) is 11.3 Å². The van der Waals surface area contributed by atoms with Gasteiger partial charge in [0, 0.05) is 25.5 Å². The molecule has 1 amide bonds. The Balaban J connectivity index is 1.77. The van der Waals surface area contributed by atoms with Crippen molar-refractivity contribution in [3.8, 4) is 5.69 Å². The number of hydrogen-bond acceptors (Lipinski definition) is 4. The lowest BCUT2D eigenvalue weighted by Crippen LogP contribution is -2.34. The number of nitrogens with zero attached hydrogens (tertiary/aromatic N) is 4. The Labute approximate surface area is 123 Å². The number of carbonyl (C=O) groups excluding carboxylic acids is 1. The molecule has 0 spiro atoms. The van der Waals surface area contributed by atoms with Crippen LogP contribution in [0.2, 0.25) is 0 Å². The van der Waals surface area contributed by atoms with Crippen LogP contribution in [0.5, 0.6) is 0 Å². The van der Waals surface area contributed by atoms with Crippen LogP contribution in [0.1, 0.15) is 23.7 Å². The Bertz CT molecular complexity index is 639. The van der Waals surface area contributed by atoms with Crippen molar-refractivity contribution in [2.75, 3.05) is 19.6 Å². The van der Waals surface area contributed by atoms with E-state index in [1.807, 2.05) is 17.0 Å². The molecular formula is C15H19N5O. The van der Waals surface area contributed by atoms with Crippen molar-refractivity contribution in [3.63, 3.8) is 0 Å². The summed E-state index contributed by atoms with van der Waals surface area (Å²) in [7, 11) is 0. The van der Waals surface area contributed by atoms with Gasteiger partial charge >= 0.3 is 0 Å². The molecule has 110 valence electrons. The number of likely N-dealkylation sites (tertiary alicyclic amines) is 1. The Morgan fingerprint density at radius 1 is 1.48 bits per heavy atom. The standard InChI is InChI=1S/C15H19N5O/c1-15(10-16)4-6-19(11-15)14(21)12-7-18-20(9-12)13-3-2-5-17-8-13/h2-3,5,7-9H,4,6,10-11,16H2,1H3. The molecule has 0 radical (unpaired) electrons. The third-order valence-corrected chi connectivity index (χ3v) is 4.08. The van der Waals surface area contributed by atoms with Gasteiger partial charge in [-0.3, -0.25) is 9.78 Å². The van der Waals surface area contributed by atoms with E-state index >= 15 is 0 Å². The van der Waals surface area contributed by atoms with Gasteiger partial charge in [0.05, 0.1) is 23.6 Å². The Kier molecular flexibility index (Phi) is 3.47. The summed E-state index contributed by atoms with van der Waals surface area (Å²) in [6.45, 7) is 4.19. The van der Waals surface area contributed by atoms with Gasteiger partial charge < -0.3 is 10.6 Å². The second kappa shape index (κ2) is 5.29. The number of amides is 1. The highest BCUT2D eigenvalue weighted by molar-refractivity contribution is 5.94. The third-order valence-electron chi connectivity index (χ3n) is 4.08. The van der Waals surface area contributed by atoms with Crippen molar-refractivity contribution >= 4 is 5.91 Å². The third kappa shape index (κ3) is 2.67. The summed E-state index contributed by atoms with van der Waals surface area (Å²) >= 11 is 0. The van der Waals surface area contributed by atoms with Crippen molar-refractivity contribution in [2.45, 2.75) is 13.3 Å². The van der Waals surface area contributed by atoms with Gasteiger partial charge in [-0.25, -0.2) is 4.68 Å². The number of carbonyl (C=O) groups is 1. The fourth-order valence-electron chi connectivity index (χ4n) is 2.61. The van der Waals surface area contributed by atoms with Crippen LogP contribution in [0.25, 0.3) is 5.69 Å². The predicted octanol–water partition coefficient (Wildman–Crippen LogP) is 1.08. The molecule has 21 heavy (non-hydrogen) atoms. The molecule has 1 aliphatic rings. The van der Waals surface area contributed by atoms with Crippen molar-refractivity contribution in [2.24, 2.45) is 11.1 Å². The molecule has 6 heteroatoms. The van der Waals surface area contributed by atoms with Crippen LogP contribution in [-0.4, -0.2) is 45.2 Å². The van der Waals surface area contributed by atoms with Crippen LogP contribution in [0.3, 0.4) is 0 Å². The summed E-state index contributed by atoms with van der Waals surface area (Å²) in [4.78, 5) is 18.4. The van der Waals surface area contributed by atoms with E-state index in [1.165, 1.54) is 0 Å². The SMILES string of the molecule is CC1(CN)CCN(C(=O)c2cnn(-c3cccnc3)c2)C1. The quantitative estimate of drug-likeness (QED) is 0.915. The zero-order chi connectivity index (χ0) is 14.9. The summed E-state index contributed by atoms with van der Waals surface area (Å²) in [5.74, 6) is 0.0160. The van der Waals surface area contributed by atoms with Crippen molar-refractivity contribution < 1.29 is 4.79 Å². The first-order valence-corrected chi connectivity index (χ1v) is 7.06. The zero-order valence-electron chi connectivity index (χ0n) is 12.1. The molecule has 0 bridgehead atoms. The topological polar surface area (TPSA) is 77.0 Å². The van der Waals surface area contributed by atoms with Gasteiger partial charge in [0.15, 0.2) is 0 Å². The fraction of sp³-hybridized carbons (Fsp3) is 0.400. The van der Waals surface area contributed by atoms with Crippen molar-refractivity contribution in [1.29, 1.82) is 0 Å². The molecule has 1 unspecified atom stereocenters. The molecule has 3 rings (SSSR count). The molecule has 2 aromatic heterocycles. The summed E-state index contributed by atoms with van der Waals surface area (Å²) in [6, 6.07) is 3.74. The highest BCUT2D eigenvalue weighted by Crippen LogP contribution is 2.29. The van der Waals surface area contributed by atoms with Gasteiger partial charge in [0.1, 0.15) is 0 Å². The largest absolute Gasteiger partial charge is 0.338 e. The summed E-state index contributed by atoms with van der Waals surface area (Å²) in [5.41, 5.74) is 7.26. The van der Waals surface area contributed by atoms with Crippen molar-refractivity contribution in [1.82, 2.24) is 19.7 Å². The molecule has 2 aromatic rings. The van der Waals surface area contributed by atoms with E-state index in [9.17, 15) is 4.79 Å². The fourth-order valence-corrected chi connectivity index (χ4v) is 2.61. The molecule has 1 aliphatic heterocycles. The maximum atomic E-state index is 12.5.